The van der Waals surface area contributed by atoms with Crippen LogP contribution in [0.3, 0.4) is 0 Å². The van der Waals surface area contributed by atoms with Crippen molar-refractivity contribution in [2.45, 2.75) is 26.6 Å². The first-order chi connectivity index (χ1) is 14.7. The van der Waals surface area contributed by atoms with E-state index in [1.807, 2.05) is 24.4 Å². The highest BCUT2D eigenvalue weighted by molar-refractivity contribution is 5.95. The van der Waals surface area contributed by atoms with Gasteiger partial charge in [-0.2, -0.15) is 10.1 Å². The second kappa shape index (κ2) is 9.69. The van der Waals surface area contributed by atoms with Gasteiger partial charge in [0.1, 0.15) is 6.61 Å². The summed E-state index contributed by atoms with van der Waals surface area (Å²) in [6.07, 6.45) is 8.37. The van der Waals surface area contributed by atoms with Crippen molar-refractivity contribution in [2.24, 2.45) is 4.99 Å². The van der Waals surface area contributed by atoms with Crippen molar-refractivity contribution in [3.8, 4) is 0 Å². The summed E-state index contributed by atoms with van der Waals surface area (Å²) in [6.45, 7) is 10.9. The lowest BCUT2D eigenvalue weighted by molar-refractivity contribution is 0.0538. The highest BCUT2D eigenvalue weighted by Gasteiger charge is 2.17. The SMILES string of the molecule is C=C(/N=C(\C=C(/C)N1CCOCC1)n1cc2c(n1)COCC2)OCc1ccncc1. The molecule has 2 aromatic rings. The first-order valence-electron chi connectivity index (χ1n) is 10.1. The van der Waals surface area contributed by atoms with Crippen molar-refractivity contribution < 1.29 is 14.2 Å². The average Bonchev–Trinajstić information content (AvgIpc) is 3.23. The Labute approximate surface area is 176 Å². The van der Waals surface area contributed by atoms with Gasteiger partial charge in [-0.05, 0) is 43.2 Å². The van der Waals surface area contributed by atoms with Crippen LogP contribution in [-0.2, 0) is 33.8 Å². The van der Waals surface area contributed by atoms with Gasteiger partial charge >= 0.3 is 0 Å². The molecule has 4 heterocycles. The zero-order valence-electron chi connectivity index (χ0n) is 17.3. The van der Waals surface area contributed by atoms with E-state index < -0.39 is 0 Å². The molecule has 158 valence electrons. The molecule has 2 aromatic heterocycles. The van der Waals surface area contributed by atoms with Gasteiger partial charge in [-0.1, -0.05) is 0 Å². The van der Waals surface area contributed by atoms with E-state index in [2.05, 4.69) is 33.5 Å². The van der Waals surface area contributed by atoms with Crippen LogP contribution in [0.2, 0.25) is 0 Å². The molecule has 2 aliphatic heterocycles. The van der Waals surface area contributed by atoms with Crippen LogP contribution in [0.15, 0.2) is 60.0 Å². The first-order valence-corrected chi connectivity index (χ1v) is 10.1. The maximum atomic E-state index is 5.77. The van der Waals surface area contributed by atoms with E-state index in [0.29, 0.717) is 24.9 Å². The minimum atomic E-state index is 0.331. The summed E-state index contributed by atoms with van der Waals surface area (Å²) < 4.78 is 18.6. The van der Waals surface area contributed by atoms with Crippen LogP contribution in [0.5, 0.6) is 0 Å². The Kier molecular flexibility index (Phi) is 6.56. The number of ether oxygens (including phenoxy) is 3. The average molecular weight is 409 g/mol. The molecule has 0 bridgehead atoms. The Bertz CT molecular complexity index is 906. The molecule has 0 N–H and O–H groups in total. The molecule has 1 saturated heterocycles. The fourth-order valence-electron chi connectivity index (χ4n) is 3.39. The normalized spacial score (nSPS) is 17.6. The smallest absolute Gasteiger partial charge is 0.208 e. The molecule has 4 rings (SSSR count). The number of fused-ring (bicyclic) bond motifs is 1. The zero-order valence-corrected chi connectivity index (χ0v) is 17.3. The van der Waals surface area contributed by atoms with Crippen LogP contribution < -0.4 is 0 Å². The molecule has 0 spiro atoms. The van der Waals surface area contributed by atoms with Gasteiger partial charge in [0.15, 0.2) is 5.84 Å². The van der Waals surface area contributed by atoms with Gasteiger partial charge < -0.3 is 19.1 Å². The van der Waals surface area contributed by atoms with Crippen LogP contribution in [0.4, 0.5) is 0 Å². The number of aromatic nitrogens is 3. The van der Waals surface area contributed by atoms with Crippen molar-refractivity contribution in [3.63, 3.8) is 0 Å². The standard InChI is InChI=1S/C22H27N5O3/c1-17(26-8-11-28-12-9-26)13-22(27-14-20-5-10-29-16-21(20)25-27)24-18(2)30-15-19-3-6-23-7-4-19/h3-4,6-7,13-14H,2,5,8-12,15-16H2,1H3/b17-13+,24-22+. The van der Waals surface area contributed by atoms with Crippen LogP contribution in [0, 0.1) is 0 Å². The Hall–Kier alpha value is -2.97. The number of pyridine rings is 1. The molecule has 8 heteroatoms. The number of hydrogen-bond donors (Lipinski definition) is 0. The van der Waals surface area contributed by atoms with E-state index in [4.69, 9.17) is 14.2 Å². The van der Waals surface area contributed by atoms with Gasteiger partial charge in [0, 0.05) is 43.5 Å². The van der Waals surface area contributed by atoms with Crippen LogP contribution in [0.1, 0.15) is 23.7 Å². The van der Waals surface area contributed by atoms with Gasteiger partial charge in [0.25, 0.3) is 0 Å². The summed E-state index contributed by atoms with van der Waals surface area (Å²) in [5.74, 6) is 0.991. The molecule has 8 nitrogen and oxygen atoms in total. The molecule has 0 atom stereocenters. The molecule has 0 radical (unpaired) electrons. The number of allylic oxidation sites excluding steroid dienone is 2. The number of hydrogen-bond acceptors (Lipinski definition) is 7. The Morgan fingerprint density at radius 3 is 2.80 bits per heavy atom. The van der Waals surface area contributed by atoms with Crippen molar-refractivity contribution in [1.29, 1.82) is 0 Å². The molecule has 0 aromatic carbocycles. The van der Waals surface area contributed by atoms with Crippen LogP contribution in [-0.4, -0.2) is 58.4 Å². The number of nitrogens with zero attached hydrogens (tertiary/aromatic N) is 5. The van der Waals surface area contributed by atoms with Crippen LogP contribution >= 0.6 is 0 Å². The van der Waals surface area contributed by atoms with E-state index in [9.17, 15) is 0 Å². The lowest BCUT2D eigenvalue weighted by Crippen LogP contribution is -2.35. The Morgan fingerprint density at radius 1 is 1.23 bits per heavy atom. The number of aliphatic imine (C=N–C) groups is 1. The van der Waals surface area contributed by atoms with E-state index in [-0.39, 0.29) is 0 Å². The molecule has 1 fully saturated rings. The van der Waals surface area contributed by atoms with Gasteiger partial charge in [0.05, 0.1) is 32.1 Å². The van der Waals surface area contributed by atoms with Gasteiger partial charge in [-0.25, -0.2) is 4.68 Å². The second-order valence-corrected chi connectivity index (χ2v) is 7.24. The van der Waals surface area contributed by atoms with E-state index >= 15 is 0 Å². The molecule has 0 aliphatic carbocycles. The highest BCUT2D eigenvalue weighted by Crippen LogP contribution is 2.16. The fraction of sp³-hybridized carbons (Fsp3) is 0.409. The highest BCUT2D eigenvalue weighted by atomic mass is 16.5. The Morgan fingerprint density at radius 2 is 2.03 bits per heavy atom. The van der Waals surface area contributed by atoms with Crippen LogP contribution in [0.25, 0.3) is 0 Å². The van der Waals surface area contributed by atoms with Gasteiger partial charge in [0.2, 0.25) is 5.88 Å². The number of morpholine rings is 1. The summed E-state index contributed by atoms with van der Waals surface area (Å²) in [6, 6.07) is 3.81. The summed E-state index contributed by atoms with van der Waals surface area (Å²) in [7, 11) is 0. The molecule has 0 amide bonds. The zero-order chi connectivity index (χ0) is 20.8. The lowest BCUT2D eigenvalue weighted by atomic mass is 10.2. The third-order valence-electron chi connectivity index (χ3n) is 5.11. The first kappa shape index (κ1) is 20.3. The molecule has 30 heavy (non-hydrogen) atoms. The monoisotopic (exact) mass is 409 g/mol. The third kappa shape index (κ3) is 5.14. The molecular formula is C22H27N5O3. The molecule has 0 unspecified atom stereocenters. The van der Waals surface area contributed by atoms with E-state index in [1.54, 1.807) is 17.1 Å². The Balaban J connectivity index is 1.56. The minimum absolute atomic E-state index is 0.331. The predicted molar refractivity (Wildman–Crippen MR) is 113 cm³/mol. The van der Waals surface area contributed by atoms with Crippen molar-refractivity contribution >= 4 is 5.84 Å². The van der Waals surface area contributed by atoms with Gasteiger partial charge in [-0.3, -0.25) is 4.98 Å². The van der Waals surface area contributed by atoms with Crippen molar-refractivity contribution in [2.75, 3.05) is 32.9 Å². The second-order valence-electron chi connectivity index (χ2n) is 7.24. The summed E-state index contributed by atoms with van der Waals surface area (Å²) in [5, 5.41) is 4.69. The van der Waals surface area contributed by atoms with Crippen molar-refractivity contribution in [3.05, 3.63) is 71.8 Å². The van der Waals surface area contributed by atoms with Gasteiger partial charge in [-0.15, -0.1) is 0 Å². The van der Waals surface area contributed by atoms with E-state index in [0.717, 1.165) is 56.3 Å². The largest absolute Gasteiger partial charge is 0.473 e. The predicted octanol–water partition coefficient (Wildman–Crippen LogP) is 2.52. The molecule has 0 saturated carbocycles. The summed E-state index contributed by atoms with van der Waals surface area (Å²) in [5.41, 5.74) is 4.25. The maximum Gasteiger partial charge on any atom is 0.208 e. The fourth-order valence-corrected chi connectivity index (χ4v) is 3.39. The number of rotatable bonds is 6. The molecular weight excluding hydrogens is 382 g/mol. The summed E-state index contributed by atoms with van der Waals surface area (Å²) >= 11 is 0. The minimum Gasteiger partial charge on any atom is -0.473 e. The topological polar surface area (TPSA) is 74.0 Å². The van der Waals surface area contributed by atoms with Crippen molar-refractivity contribution in [1.82, 2.24) is 19.7 Å². The lowest BCUT2D eigenvalue weighted by Gasteiger charge is -2.29. The quantitative estimate of drug-likeness (QED) is 0.415. The summed E-state index contributed by atoms with van der Waals surface area (Å²) in [4.78, 5) is 11.0. The van der Waals surface area contributed by atoms with E-state index in [1.165, 1.54) is 5.56 Å². The third-order valence-corrected chi connectivity index (χ3v) is 5.11. The molecule has 2 aliphatic rings. The maximum absolute atomic E-state index is 5.77.